The average Bonchev–Trinajstić information content (AvgIpc) is 2.32. The molecular formula is C12H17Cl2NO3S. The molecule has 0 saturated heterocycles. The molecule has 1 rings (SSSR count). The minimum atomic E-state index is -3.78. The molecule has 1 atom stereocenters. The van der Waals surface area contributed by atoms with E-state index in [1.165, 1.54) is 18.2 Å². The first-order valence-corrected chi connectivity index (χ1v) is 8.08. The Labute approximate surface area is 123 Å². The number of hydrogen-bond donors (Lipinski definition) is 2. The zero-order valence-electron chi connectivity index (χ0n) is 10.8. The predicted molar refractivity (Wildman–Crippen MR) is 77.2 cm³/mol. The van der Waals surface area contributed by atoms with Crippen LogP contribution in [0.25, 0.3) is 0 Å². The lowest BCUT2D eigenvalue weighted by molar-refractivity contribution is 0.233. The molecule has 0 bridgehead atoms. The van der Waals surface area contributed by atoms with Gasteiger partial charge in [-0.25, -0.2) is 13.1 Å². The van der Waals surface area contributed by atoms with Crippen LogP contribution in [0.2, 0.25) is 10.0 Å². The molecule has 0 aliphatic heterocycles. The zero-order valence-corrected chi connectivity index (χ0v) is 13.1. The van der Waals surface area contributed by atoms with Crippen LogP contribution >= 0.6 is 23.2 Å². The maximum Gasteiger partial charge on any atom is 0.242 e. The number of sulfonamides is 1. The summed E-state index contributed by atoms with van der Waals surface area (Å²) in [4.78, 5) is -0.0562. The van der Waals surface area contributed by atoms with E-state index < -0.39 is 15.6 Å². The molecule has 0 amide bonds. The number of rotatable bonds is 6. The van der Waals surface area contributed by atoms with Gasteiger partial charge in [-0.15, -0.1) is 0 Å². The van der Waals surface area contributed by atoms with E-state index in [2.05, 4.69) is 4.72 Å². The molecule has 1 unspecified atom stereocenters. The van der Waals surface area contributed by atoms with Crippen LogP contribution in [-0.4, -0.2) is 25.7 Å². The highest BCUT2D eigenvalue weighted by Gasteiger charge is 2.30. The van der Waals surface area contributed by atoms with Gasteiger partial charge < -0.3 is 5.11 Å². The highest BCUT2D eigenvalue weighted by molar-refractivity contribution is 7.89. The minimum Gasteiger partial charge on any atom is -0.396 e. The third kappa shape index (κ3) is 4.07. The van der Waals surface area contributed by atoms with Crippen molar-refractivity contribution in [1.82, 2.24) is 4.72 Å². The Morgan fingerprint density at radius 1 is 1.37 bits per heavy atom. The smallest absolute Gasteiger partial charge is 0.242 e. The Bertz CT molecular complexity index is 548. The quantitative estimate of drug-likeness (QED) is 0.845. The molecule has 0 aliphatic carbocycles. The first kappa shape index (κ1) is 16.7. The summed E-state index contributed by atoms with van der Waals surface area (Å²) < 4.78 is 27.2. The van der Waals surface area contributed by atoms with Crippen molar-refractivity contribution < 1.29 is 13.5 Å². The largest absolute Gasteiger partial charge is 0.396 e. The van der Waals surface area contributed by atoms with Crippen molar-refractivity contribution in [3.8, 4) is 0 Å². The number of nitrogens with one attached hydrogen (secondary N) is 1. The molecule has 0 radical (unpaired) electrons. The molecule has 7 heteroatoms. The van der Waals surface area contributed by atoms with E-state index in [0.717, 1.165) is 0 Å². The second-order valence-electron chi connectivity index (χ2n) is 4.55. The Hall–Kier alpha value is -0.330. The molecule has 0 heterocycles. The SMILES string of the molecule is CCC(C)(CCO)NS(=O)(=O)c1cccc(Cl)c1Cl. The topological polar surface area (TPSA) is 66.4 Å². The van der Waals surface area contributed by atoms with Gasteiger partial charge in [-0.05, 0) is 31.9 Å². The van der Waals surface area contributed by atoms with Crippen LogP contribution in [0.5, 0.6) is 0 Å². The number of aliphatic hydroxyl groups is 1. The monoisotopic (exact) mass is 325 g/mol. The summed E-state index contributed by atoms with van der Waals surface area (Å²) in [5.41, 5.74) is -0.723. The molecule has 1 aromatic carbocycles. The van der Waals surface area contributed by atoms with Crippen molar-refractivity contribution in [2.24, 2.45) is 0 Å². The highest BCUT2D eigenvalue weighted by atomic mass is 35.5. The summed E-state index contributed by atoms with van der Waals surface area (Å²) in [6.45, 7) is 3.48. The van der Waals surface area contributed by atoms with E-state index in [4.69, 9.17) is 28.3 Å². The van der Waals surface area contributed by atoms with Crippen LogP contribution in [0, 0.1) is 0 Å². The molecular weight excluding hydrogens is 309 g/mol. The number of benzene rings is 1. The maximum atomic E-state index is 12.3. The first-order chi connectivity index (χ1) is 8.75. The van der Waals surface area contributed by atoms with Gasteiger partial charge in [0.15, 0.2) is 0 Å². The lowest BCUT2D eigenvalue weighted by Gasteiger charge is -2.28. The van der Waals surface area contributed by atoms with E-state index in [9.17, 15) is 8.42 Å². The summed E-state index contributed by atoms with van der Waals surface area (Å²) in [7, 11) is -3.78. The van der Waals surface area contributed by atoms with Gasteiger partial charge in [0.05, 0.1) is 10.0 Å². The Kier molecular flexibility index (Phi) is 5.65. The summed E-state index contributed by atoms with van der Waals surface area (Å²) in [6.07, 6.45) is 0.867. The lowest BCUT2D eigenvalue weighted by Crippen LogP contribution is -2.46. The summed E-state index contributed by atoms with van der Waals surface area (Å²) in [5.74, 6) is 0. The van der Waals surface area contributed by atoms with Gasteiger partial charge in [0.1, 0.15) is 4.90 Å². The van der Waals surface area contributed by atoms with Crippen LogP contribution in [0.15, 0.2) is 23.1 Å². The zero-order chi connectivity index (χ0) is 14.7. The van der Waals surface area contributed by atoms with E-state index in [1.807, 2.05) is 6.92 Å². The fraction of sp³-hybridized carbons (Fsp3) is 0.500. The average molecular weight is 326 g/mol. The fourth-order valence-corrected chi connectivity index (χ4v) is 3.89. The van der Waals surface area contributed by atoms with Gasteiger partial charge >= 0.3 is 0 Å². The highest BCUT2D eigenvalue weighted by Crippen LogP contribution is 2.30. The Balaban J connectivity index is 3.15. The van der Waals surface area contributed by atoms with E-state index in [1.54, 1.807) is 6.92 Å². The molecule has 108 valence electrons. The van der Waals surface area contributed by atoms with E-state index in [0.29, 0.717) is 12.8 Å². The number of halogens is 2. The molecule has 0 aliphatic rings. The van der Waals surface area contributed by atoms with Crippen LogP contribution < -0.4 is 4.72 Å². The van der Waals surface area contributed by atoms with Crippen LogP contribution in [0.4, 0.5) is 0 Å². The van der Waals surface area contributed by atoms with Gasteiger partial charge in [-0.3, -0.25) is 0 Å². The normalized spacial score (nSPS) is 15.2. The van der Waals surface area contributed by atoms with Gasteiger partial charge in [0.25, 0.3) is 0 Å². The van der Waals surface area contributed by atoms with Crippen molar-refractivity contribution >= 4 is 33.2 Å². The molecule has 0 aromatic heterocycles. The second kappa shape index (κ2) is 6.41. The van der Waals surface area contributed by atoms with Crippen molar-refractivity contribution in [1.29, 1.82) is 0 Å². The number of hydrogen-bond acceptors (Lipinski definition) is 3. The standard InChI is InChI=1S/C12H17Cl2NO3S/c1-3-12(2,7-8-16)15-19(17,18)10-6-4-5-9(13)11(10)14/h4-6,15-16H,3,7-8H2,1-2H3. The fourth-order valence-electron chi connectivity index (χ4n) is 1.62. The first-order valence-electron chi connectivity index (χ1n) is 5.84. The van der Waals surface area contributed by atoms with Crippen molar-refractivity contribution in [3.05, 3.63) is 28.2 Å². The van der Waals surface area contributed by atoms with Gasteiger partial charge in [-0.1, -0.05) is 36.2 Å². The molecule has 0 fully saturated rings. The number of aliphatic hydroxyl groups excluding tert-OH is 1. The molecule has 19 heavy (non-hydrogen) atoms. The molecule has 0 saturated carbocycles. The molecule has 0 spiro atoms. The summed E-state index contributed by atoms with van der Waals surface area (Å²) >= 11 is 11.7. The summed E-state index contributed by atoms with van der Waals surface area (Å²) in [5, 5.41) is 9.20. The van der Waals surface area contributed by atoms with Crippen molar-refractivity contribution in [3.63, 3.8) is 0 Å². The van der Waals surface area contributed by atoms with Gasteiger partial charge in [-0.2, -0.15) is 0 Å². The van der Waals surface area contributed by atoms with Crippen molar-refractivity contribution in [2.45, 2.75) is 37.1 Å². The summed E-state index contributed by atoms with van der Waals surface area (Å²) in [6, 6.07) is 4.44. The lowest BCUT2D eigenvalue weighted by atomic mass is 9.97. The molecule has 2 N–H and O–H groups in total. The Morgan fingerprint density at radius 2 is 2.00 bits per heavy atom. The van der Waals surface area contributed by atoms with E-state index in [-0.39, 0.29) is 21.5 Å². The van der Waals surface area contributed by atoms with Crippen molar-refractivity contribution in [2.75, 3.05) is 6.61 Å². The van der Waals surface area contributed by atoms with E-state index >= 15 is 0 Å². The maximum absolute atomic E-state index is 12.3. The predicted octanol–water partition coefficient (Wildman–Crippen LogP) is 2.82. The van der Waals surface area contributed by atoms with Crippen LogP contribution in [0.3, 0.4) is 0 Å². The molecule has 1 aromatic rings. The third-order valence-corrected chi connectivity index (χ3v) is 5.64. The van der Waals surface area contributed by atoms with Crippen LogP contribution in [-0.2, 0) is 10.0 Å². The van der Waals surface area contributed by atoms with Crippen LogP contribution in [0.1, 0.15) is 26.7 Å². The van der Waals surface area contributed by atoms with Gasteiger partial charge in [0.2, 0.25) is 10.0 Å². The van der Waals surface area contributed by atoms with Gasteiger partial charge in [0, 0.05) is 12.1 Å². The minimum absolute atomic E-state index is 0.000816. The Morgan fingerprint density at radius 3 is 2.53 bits per heavy atom. The molecule has 4 nitrogen and oxygen atoms in total. The third-order valence-electron chi connectivity index (χ3n) is 3.03. The second-order valence-corrected chi connectivity index (χ2v) is 6.98.